The monoisotopic (exact) mass is 238 g/mol. The first-order valence-corrected chi connectivity index (χ1v) is 5.99. The first kappa shape index (κ1) is 12.4. The van der Waals surface area contributed by atoms with Crippen LogP contribution in [-0.4, -0.2) is 11.2 Å². The zero-order valence-electron chi connectivity index (χ0n) is 10.5. The maximum atomic E-state index is 13.1. The molecule has 94 valence electrons. The summed E-state index contributed by atoms with van der Waals surface area (Å²) in [6, 6.07) is 4.32. The third kappa shape index (κ3) is 2.97. The van der Waals surface area contributed by atoms with E-state index in [4.69, 9.17) is 4.74 Å². The molecule has 0 aliphatic carbocycles. The van der Waals surface area contributed by atoms with Crippen LogP contribution in [0.25, 0.3) is 0 Å². The fraction of sp³-hybridized carbons (Fsp3) is 0.571. The Morgan fingerprint density at radius 2 is 2.12 bits per heavy atom. The summed E-state index contributed by atoms with van der Waals surface area (Å²) in [6.45, 7) is 6.43. The van der Waals surface area contributed by atoms with Crippen molar-refractivity contribution in [2.75, 3.05) is 0 Å². The minimum atomic E-state index is -0.623. The highest BCUT2D eigenvalue weighted by Crippen LogP contribution is 2.38. The molecule has 2 atom stereocenters. The van der Waals surface area contributed by atoms with Gasteiger partial charge in [-0.3, -0.25) is 0 Å². The Kier molecular flexibility index (Phi) is 3.13. The van der Waals surface area contributed by atoms with E-state index in [9.17, 15) is 9.50 Å². The minimum Gasteiger partial charge on any atom is -0.490 e. The highest BCUT2D eigenvalue weighted by atomic mass is 19.1. The zero-order valence-corrected chi connectivity index (χ0v) is 10.5. The van der Waals surface area contributed by atoms with Crippen LogP contribution in [0, 0.1) is 11.2 Å². The first-order valence-electron chi connectivity index (χ1n) is 5.99. The molecule has 1 unspecified atom stereocenters. The average Bonchev–Trinajstić information content (AvgIpc) is 2.17. The Balaban J connectivity index is 2.19. The molecule has 2 nitrogen and oxygen atoms in total. The second-order valence-corrected chi connectivity index (χ2v) is 5.94. The lowest BCUT2D eigenvalue weighted by atomic mass is 9.85. The molecule has 0 amide bonds. The van der Waals surface area contributed by atoms with E-state index < -0.39 is 6.10 Å². The van der Waals surface area contributed by atoms with Crippen molar-refractivity contribution < 1.29 is 14.2 Å². The van der Waals surface area contributed by atoms with Crippen LogP contribution in [0.3, 0.4) is 0 Å². The van der Waals surface area contributed by atoms with Crippen molar-refractivity contribution in [2.24, 2.45) is 5.41 Å². The number of rotatable bonds is 1. The summed E-state index contributed by atoms with van der Waals surface area (Å²) in [5.41, 5.74) is 0.720. The van der Waals surface area contributed by atoms with Crippen molar-refractivity contribution in [3.8, 4) is 5.75 Å². The predicted octanol–water partition coefficient (Wildman–Crippen LogP) is 3.45. The van der Waals surface area contributed by atoms with Gasteiger partial charge < -0.3 is 9.84 Å². The van der Waals surface area contributed by atoms with Crippen molar-refractivity contribution in [2.45, 2.75) is 45.8 Å². The molecule has 0 bridgehead atoms. The lowest BCUT2D eigenvalue weighted by Gasteiger charge is -2.33. The molecule has 3 heteroatoms. The summed E-state index contributed by atoms with van der Waals surface area (Å²) in [6.07, 6.45) is 0.791. The lowest BCUT2D eigenvalue weighted by Crippen LogP contribution is -2.29. The SMILES string of the molecule is CC(C)(C)CC1C[C@@H](O)c2cc(F)ccc2O1. The summed E-state index contributed by atoms with van der Waals surface area (Å²) in [4.78, 5) is 0. The number of fused-ring (bicyclic) bond motifs is 1. The van der Waals surface area contributed by atoms with Crippen LogP contribution >= 0.6 is 0 Å². The molecule has 1 aromatic rings. The van der Waals surface area contributed by atoms with Crippen LogP contribution in [0.2, 0.25) is 0 Å². The Bertz CT molecular complexity index is 409. The van der Waals surface area contributed by atoms with E-state index in [1.807, 2.05) is 0 Å². The van der Waals surface area contributed by atoms with Gasteiger partial charge in [0.1, 0.15) is 17.7 Å². The Morgan fingerprint density at radius 1 is 1.41 bits per heavy atom. The highest BCUT2D eigenvalue weighted by Gasteiger charge is 2.30. The number of benzene rings is 1. The molecular formula is C14H19FO2. The van der Waals surface area contributed by atoms with E-state index in [2.05, 4.69) is 20.8 Å². The standard InChI is InChI=1S/C14H19FO2/c1-14(2,3)8-10-7-12(16)11-6-9(15)4-5-13(11)17-10/h4-6,10,12,16H,7-8H2,1-3H3/t10?,12-/m1/s1. The number of hydrogen-bond donors (Lipinski definition) is 1. The van der Waals surface area contributed by atoms with Crippen molar-refractivity contribution in [3.05, 3.63) is 29.6 Å². The molecule has 0 saturated heterocycles. The molecule has 17 heavy (non-hydrogen) atoms. The van der Waals surface area contributed by atoms with Crippen LogP contribution in [0.5, 0.6) is 5.75 Å². The fourth-order valence-corrected chi connectivity index (χ4v) is 2.30. The molecule has 2 rings (SSSR count). The lowest BCUT2D eigenvalue weighted by molar-refractivity contribution is 0.0444. The number of aliphatic hydroxyl groups is 1. The number of hydrogen-bond acceptors (Lipinski definition) is 2. The Labute approximate surface area is 101 Å². The second kappa shape index (κ2) is 4.30. The highest BCUT2D eigenvalue weighted by molar-refractivity contribution is 5.37. The largest absolute Gasteiger partial charge is 0.490 e. The smallest absolute Gasteiger partial charge is 0.125 e. The second-order valence-electron chi connectivity index (χ2n) is 5.94. The molecule has 1 aliphatic heterocycles. The Morgan fingerprint density at radius 3 is 2.76 bits per heavy atom. The molecular weight excluding hydrogens is 219 g/mol. The van der Waals surface area contributed by atoms with Gasteiger partial charge in [0.2, 0.25) is 0 Å². The van der Waals surface area contributed by atoms with E-state index in [1.165, 1.54) is 12.1 Å². The molecule has 0 saturated carbocycles. The number of ether oxygens (including phenoxy) is 1. The van der Waals surface area contributed by atoms with E-state index in [0.29, 0.717) is 17.7 Å². The van der Waals surface area contributed by atoms with Gasteiger partial charge in [0.25, 0.3) is 0 Å². The van der Waals surface area contributed by atoms with E-state index in [-0.39, 0.29) is 17.3 Å². The zero-order chi connectivity index (χ0) is 12.6. The van der Waals surface area contributed by atoms with Crippen LogP contribution in [-0.2, 0) is 0 Å². The molecule has 1 heterocycles. The van der Waals surface area contributed by atoms with Gasteiger partial charge in [0.05, 0.1) is 6.10 Å². The normalized spacial score (nSPS) is 24.1. The van der Waals surface area contributed by atoms with Gasteiger partial charge in [-0.2, -0.15) is 0 Å². The molecule has 1 aromatic carbocycles. The van der Waals surface area contributed by atoms with E-state index >= 15 is 0 Å². The van der Waals surface area contributed by atoms with Crippen molar-refractivity contribution in [1.82, 2.24) is 0 Å². The quantitative estimate of drug-likeness (QED) is 0.812. The third-order valence-corrected chi connectivity index (χ3v) is 2.95. The number of halogens is 1. The molecule has 1 aliphatic rings. The summed E-state index contributed by atoms with van der Waals surface area (Å²) < 4.78 is 18.9. The van der Waals surface area contributed by atoms with Gasteiger partial charge in [-0.25, -0.2) is 4.39 Å². The van der Waals surface area contributed by atoms with Gasteiger partial charge in [0, 0.05) is 12.0 Å². The Hall–Kier alpha value is -1.09. The topological polar surface area (TPSA) is 29.5 Å². The summed E-state index contributed by atoms with van der Waals surface area (Å²) in [5.74, 6) is 0.278. The van der Waals surface area contributed by atoms with Gasteiger partial charge >= 0.3 is 0 Å². The number of aliphatic hydroxyl groups excluding tert-OH is 1. The van der Waals surface area contributed by atoms with Gasteiger partial charge in [-0.1, -0.05) is 20.8 Å². The minimum absolute atomic E-state index is 0.00274. The fourth-order valence-electron chi connectivity index (χ4n) is 2.30. The predicted molar refractivity (Wildman–Crippen MR) is 64.5 cm³/mol. The van der Waals surface area contributed by atoms with Crippen LogP contribution in [0.15, 0.2) is 18.2 Å². The van der Waals surface area contributed by atoms with E-state index in [0.717, 1.165) is 6.42 Å². The van der Waals surface area contributed by atoms with Crippen molar-refractivity contribution in [1.29, 1.82) is 0 Å². The van der Waals surface area contributed by atoms with Gasteiger partial charge in [-0.05, 0) is 30.0 Å². The molecule has 0 aromatic heterocycles. The van der Waals surface area contributed by atoms with Gasteiger partial charge in [-0.15, -0.1) is 0 Å². The van der Waals surface area contributed by atoms with Crippen molar-refractivity contribution in [3.63, 3.8) is 0 Å². The van der Waals surface area contributed by atoms with Crippen molar-refractivity contribution >= 4 is 0 Å². The summed E-state index contributed by atoms with van der Waals surface area (Å²) in [5, 5.41) is 10.0. The summed E-state index contributed by atoms with van der Waals surface area (Å²) in [7, 11) is 0. The molecule has 0 spiro atoms. The maximum Gasteiger partial charge on any atom is 0.125 e. The van der Waals surface area contributed by atoms with Crippen LogP contribution < -0.4 is 4.74 Å². The maximum absolute atomic E-state index is 13.1. The van der Waals surface area contributed by atoms with Crippen LogP contribution in [0.1, 0.15) is 45.3 Å². The first-order chi connectivity index (χ1) is 7.85. The average molecular weight is 238 g/mol. The summed E-state index contributed by atoms with van der Waals surface area (Å²) >= 11 is 0. The van der Waals surface area contributed by atoms with Crippen LogP contribution in [0.4, 0.5) is 4.39 Å². The van der Waals surface area contributed by atoms with Gasteiger partial charge in [0.15, 0.2) is 0 Å². The molecule has 0 fully saturated rings. The van der Waals surface area contributed by atoms with E-state index in [1.54, 1.807) is 6.07 Å². The molecule has 0 radical (unpaired) electrons. The third-order valence-electron chi connectivity index (χ3n) is 2.95. The molecule has 1 N–H and O–H groups in total.